The fourth-order valence-electron chi connectivity index (χ4n) is 2.58. The maximum Gasteiger partial charge on any atom is 0.165 e. The lowest BCUT2D eigenvalue weighted by atomic mass is 10.2. The molecule has 6 heteroatoms. The molecular weight excluding hydrogens is 390 g/mol. The third-order valence-corrected chi connectivity index (χ3v) is 4.38. The van der Waals surface area contributed by atoms with Crippen LogP contribution >= 0.6 is 0 Å². The number of aliphatic hydroxyl groups is 1. The maximum atomic E-state index is 13.1. The van der Waals surface area contributed by atoms with Gasteiger partial charge in [-0.25, -0.2) is 8.78 Å². The lowest BCUT2D eigenvalue weighted by Gasteiger charge is -2.16. The van der Waals surface area contributed by atoms with E-state index in [0.717, 1.165) is 11.1 Å². The number of aliphatic hydroxyl groups excluding tert-OH is 1. The van der Waals surface area contributed by atoms with E-state index in [2.05, 4.69) is 0 Å². The van der Waals surface area contributed by atoms with Gasteiger partial charge in [-0.1, -0.05) is 31.2 Å². The first-order chi connectivity index (χ1) is 14.5. The Hall–Kier alpha value is -3.12. The highest BCUT2D eigenvalue weighted by molar-refractivity contribution is 5.46. The van der Waals surface area contributed by atoms with Crippen LogP contribution in [0.2, 0.25) is 0 Å². The van der Waals surface area contributed by atoms with Crippen LogP contribution in [-0.4, -0.2) is 18.3 Å². The van der Waals surface area contributed by atoms with Crippen molar-refractivity contribution in [2.45, 2.75) is 20.1 Å². The Balaban J connectivity index is 1.73. The van der Waals surface area contributed by atoms with Gasteiger partial charge >= 0.3 is 0 Å². The molecule has 3 aromatic carbocycles. The van der Waals surface area contributed by atoms with Crippen molar-refractivity contribution in [1.29, 1.82) is 0 Å². The molecule has 0 aliphatic carbocycles. The van der Waals surface area contributed by atoms with Gasteiger partial charge < -0.3 is 19.3 Å². The molecule has 158 valence electrons. The van der Waals surface area contributed by atoms with Crippen LogP contribution in [0.4, 0.5) is 8.78 Å². The molecule has 30 heavy (non-hydrogen) atoms. The van der Waals surface area contributed by atoms with E-state index in [0.29, 0.717) is 23.9 Å². The Kier molecular flexibility index (Phi) is 7.63. The lowest BCUT2D eigenvalue weighted by molar-refractivity contribution is 0.173. The minimum atomic E-state index is -0.310. The van der Waals surface area contributed by atoms with E-state index in [1.807, 2.05) is 6.92 Å². The van der Waals surface area contributed by atoms with Gasteiger partial charge in [-0.15, -0.1) is 0 Å². The van der Waals surface area contributed by atoms with Gasteiger partial charge in [-0.05, 0) is 47.5 Å². The van der Waals surface area contributed by atoms with Crippen molar-refractivity contribution in [3.63, 3.8) is 0 Å². The Morgan fingerprint density at radius 3 is 1.80 bits per heavy atom. The van der Waals surface area contributed by atoms with Crippen molar-refractivity contribution in [3.8, 4) is 17.2 Å². The van der Waals surface area contributed by atoms with E-state index in [1.165, 1.54) is 24.3 Å². The van der Waals surface area contributed by atoms with Gasteiger partial charge in [0.15, 0.2) is 11.5 Å². The van der Waals surface area contributed by atoms with Crippen molar-refractivity contribution in [3.05, 3.63) is 89.5 Å². The molecule has 3 aromatic rings. The zero-order chi connectivity index (χ0) is 21.3. The van der Waals surface area contributed by atoms with Crippen LogP contribution in [0.25, 0.3) is 0 Å². The molecule has 0 bridgehead atoms. The van der Waals surface area contributed by atoms with E-state index in [4.69, 9.17) is 19.3 Å². The van der Waals surface area contributed by atoms with Crippen LogP contribution in [0.5, 0.6) is 17.2 Å². The quantitative estimate of drug-likeness (QED) is 0.500. The molecular formula is C24H24F2O4. The highest BCUT2D eigenvalue weighted by atomic mass is 19.1. The van der Waals surface area contributed by atoms with E-state index in [-0.39, 0.29) is 37.4 Å². The number of ether oxygens (including phenoxy) is 3. The van der Waals surface area contributed by atoms with Gasteiger partial charge in [0.25, 0.3) is 0 Å². The SMILES string of the molecule is CC(CO)COc1ccc(OCc2ccc(F)cc2)c(OCc2ccc(F)cc2)c1. The van der Waals surface area contributed by atoms with Crippen molar-refractivity contribution < 1.29 is 28.1 Å². The van der Waals surface area contributed by atoms with Gasteiger partial charge in [0.1, 0.15) is 30.6 Å². The summed E-state index contributed by atoms with van der Waals surface area (Å²) in [7, 11) is 0. The number of rotatable bonds is 10. The molecule has 0 spiro atoms. The molecule has 0 saturated carbocycles. The van der Waals surface area contributed by atoms with Crippen molar-refractivity contribution >= 4 is 0 Å². The highest BCUT2D eigenvalue weighted by Crippen LogP contribution is 2.33. The standard InChI is InChI=1S/C24H24F2O4/c1-17(13-27)14-28-22-10-11-23(29-15-18-2-6-20(25)7-3-18)24(12-22)30-16-19-4-8-21(26)9-5-19/h2-12,17,27H,13-16H2,1H3. The summed E-state index contributed by atoms with van der Waals surface area (Å²) < 4.78 is 43.7. The average molecular weight is 414 g/mol. The molecule has 3 rings (SSSR count). The zero-order valence-corrected chi connectivity index (χ0v) is 16.7. The van der Waals surface area contributed by atoms with Crippen LogP contribution < -0.4 is 14.2 Å². The molecule has 0 aliphatic heterocycles. The normalized spacial score (nSPS) is 11.7. The Morgan fingerprint density at radius 1 is 0.733 bits per heavy atom. The monoisotopic (exact) mass is 414 g/mol. The van der Waals surface area contributed by atoms with Gasteiger partial charge in [0, 0.05) is 18.6 Å². The number of benzene rings is 3. The van der Waals surface area contributed by atoms with Crippen LogP contribution in [-0.2, 0) is 13.2 Å². The van der Waals surface area contributed by atoms with E-state index in [9.17, 15) is 8.78 Å². The fourth-order valence-corrected chi connectivity index (χ4v) is 2.58. The Labute approximate surface area is 174 Å². The Bertz CT molecular complexity index is 927. The fraction of sp³-hybridized carbons (Fsp3) is 0.250. The predicted molar refractivity (Wildman–Crippen MR) is 110 cm³/mol. The first kappa shape index (κ1) is 21.6. The summed E-state index contributed by atoms with van der Waals surface area (Å²) >= 11 is 0. The summed E-state index contributed by atoms with van der Waals surface area (Å²) in [6, 6.07) is 17.3. The van der Waals surface area contributed by atoms with E-state index < -0.39 is 0 Å². The lowest BCUT2D eigenvalue weighted by Crippen LogP contribution is -2.12. The van der Waals surface area contributed by atoms with Crippen LogP contribution in [0, 0.1) is 17.6 Å². The molecule has 0 saturated heterocycles. The van der Waals surface area contributed by atoms with Crippen LogP contribution in [0.15, 0.2) is 66.7 Å². The zero-order valence-electron chi connectivity index (χ0n) is 16.7. The smallest absolute Gasteiger partial charge is 0.165 e. The number of hydrogen-bond donors (Lipinski definition) is 1. The number of halogens is 2. The third kappa shape index (κ3) is 6.46. The van der Waals surface area contributed by atoms with Crippen molar-refractivity contribution in [2.75, 3.05) is 13.2 Å². The molecule has 0 fully saturated rings. The molecule has 1 atom stereocenters. The highest BCUT2D eigenvalue weighted by Gasteiger charge is 2.10. The van der Waals surface area contributed by atoms with Gasteiger partial charge in [0.05, 0.1) is 6.61 Å². The molecule has 4 nitrogen and oxygen atoms in total. The minimum Gasteiger partial charge on any atom is -0.493 e. The van der Waals surface area contributed by atoms with E-state index in [1.54, 1.807) is 42.5 Å². The predicted octanol–water partition coefficient (Wildman–Crippen LogP) is 5.13. The maximum absolute atomic E-state index is 13.1. The van der Waals surface area contributed by atoms with Gasteiger partial charge in [-0.3, -0.25) is 0 Å². The second-order valence-corrected chi connectivity index (χ2v) is 7.04. The third-order valence-electron chi connectivity index (χ3n) is 4.38. The average Bonchev–Trinajstić information content (AvgIpc) is 2.77. The minimum absolute atomic E-state index is 0.00277. The number of hydrogen-bond acceptors (Lipinski definition) is 4. The summed E-state index contributed by atoms with van der Waals surface area (Å²) in [6.45, 7) is 2.75. The molecule has 1 unspecified atom stereocenters. The molecule has 1 N–H and O–H groups in total. The Morgan fingerprint density at radius 2 is 1.27 bits per heavy atom. The van der Waals surface area contributed by atoms with Gasteiger partial charge in [-0.2, -0.15) is 0 Å². The molecule has 0 heterocycles. The van der Waals surface area contributed by atoms with Gasteiger partial charge in [0.2, 0.25) is 0 Å². The summed E-state index contributed by atoms with van der Waals surface area (Å²) in [5.41, 5.74) is 1.62. The topological polar surface area (TPSA) is 47.9 Å². The molecule has 0 radical (unpaired) electrons. The molecule has 0 amide bonds. The van der Waals surface area contributed by atoms with Crippen LogP contribution in [0.1, 0.15) is 18.1 Å². The van der Waals surface area contributed by atoms with Crippen molar-refractivity contribution in [1.82, 2.24) is 0 Å². The molecule has 0 aliphatic rings. The largest absolute Gasteiger partial charge is 0.493 e. The first-order valence-corrected chi connectivity index (χ1v) is 9.65. The first-order valence-electron chi connectivity index (χ1n) is 9.65. The summed E-state index contributed by atoms with van der Waals surface area (Å²) in [6.07, 6.45) is 0. The second-order valence-electron chi connectivity index (χ2n) is 7.04. The van der Waals surface area contributed by atoms with Crippen LogP contribution in [0.3, 0.4) is 0 Å². The summed E-state index contributed by atoms with van der Waals surface area (Å²) in [4.78, 5) is 0. The van der Waals surface area contributed by atoms with Crippen molar-refractivity contribution in [2.24, 2.45) is 5.92 Å². The molecule has 0 aromatic heterocycles. The second kappa shape index (κ2) is 10.6. The summed E-state index contributed by atoms with van der Waals surface area (Å²) in [5.74, 6) is 0.942. The summed E-state index contributed by atoms with van der Waals surface area (Å²) in [5, 5.41) is 9.16. The van der Waals surface area contributed by atoms with E-state index >= 15 is 0 Å².